The smallest absolute Gasteiger partial charge is 0.312 e. The number of carboxylic acid groups (broad SMARTS) is 1. The Labute approximate surface area is 164 Å². The highest BCUT2D eigenvalue weighted by atomic mass is 16.6. The van der Waals surface area contributed by atoms with Crippen molar-refractivity contribution in [2.24, 2.45) is 17.3 Å². The number of carbonyl (C=O) groups excluding carboxylic acids is 4. The van der Waals surface area contributed by atoms with Gasteiger partial charge < -0.3 is 19.4 Å². The van der Waals surface area contributed by atoms with Crippen LogP contribution in [0.3, 0.4) is 0 Å². The van der Waals surface area contributed by atoms with Crippen LogP contribution in [0.2, 0.25) is 0 Å². The average Bonchev–Trinajstić information content (AvgIpc) is 3.11. The summed E-state index contributed by atoms with van der Waals surface area (Å²) in [5.41, 5.74) is -1.24. The molecular weight excluding hydrogens is 364 g/mol. The molecule has 28 heavy (non-hydrogen) atoms. The largest absolute Gasteiger partial charge is 0.542 e. The van der Waals surface area contributed by atoms with E-state index in [1.807, 2.05) is 0 Å². The molecule has 0 heterocycles. The molecule has 2 unspecified atom stereocenters. The highest BCUT2D eigenvalue weighted by Crippen LogP contribution is 2.63. The summed E-state index contributed by atoms with van der Waals surface area (Å²) in [6, 6.07) is 0. The Kier molecular flexibility index (Phi) is 4.96. The van der Waals surface area contributed by atoms with Crippen molar-refractivity contribution in [3.8, 4) is 0 Å². The first-order valence-corrected chi connectivity index (χ1v) is 10.5. The number of carbonyl (C=O) groups is 4. The molecule has 0 spiro atoms. The first kappa shape index (κ1) is 19.4. The van der Waals surface area contributed by atoms with Crippen LogP contribution >= 0.6 is 0 Å². The van der Waals surface area contributed by atoms with Crippen LogP contribution in [0.5, 0.6) is 0 Å². The molecular formula is C21H27O7-. The summed E-state index contributed by atoms with van der Waals surface area (Å²) >= 11 is 0. The van der Waals surface area contributed by atoms with E-state index < -0.39 is 35.2 Å². The maximum atomic E-state index is 13.1. The molecule has 0 aliphatic heterocycles. The lowest BCUT2D eigenvalue weighted by atomic mass is 9.48. The zero-order chi connectivity index (χ0) is 19.9. The van der Waals surface area contributed by atoms with Crippen molar-refractivity contribution >= 4 is 23.7 Å². The predicted molar refractivity (Wildman–Crippen MR) is 93.5 cm³/mol. The highest BCUT2D eigenvalue weighted by molar-refractivity contribution is 6.31. The molecule has 0 saturated heterocycles. The molecule has 0 radical (unpaired) electrons. The summed E-state index contributed by atoms with van der Waals surface area (Å²) in [7, 11) is 0. The monoisotopic (exact) mass is 391 g/mol. The lowest BCUT2D eigenvalue weighted by Crippen LogP contribution is -2.60. The molecule has 2 atom stereocenters. The second-order valence-electron chi connectivity index (χ2n) is 9.42. The van der Waals surface area contributed by atoms with Crippen molar-refractivity contribution in [1.29, 1.82) is 0 Å². The van der Waals surface area contributed by atoms with Crippen molar-refractivity contribution in [2.75, 3.05) is 0 Å². The van der Waals surface area contributed by atoms with Gasteiger partial charge in [0.2, 0.25) is 0 Å². The van der Waals surface area contributed by atoms with Crippen LogP contribution in [0.4, 0.5) is 0 Å². The minimum atomic E-state index is -1.78. The summed E-state index contributed by atoms with van der Waals surface area (Å²) in [6.07, 6.45) is 8.02. The fourth-order valence-corrected chi connectivity index (χ4v) is 6.43. The standard InChI is InChI=1S/C21H28O7/c22-16(18(24)25)5-6-17(23)28-21-10-13-7-14(11-21)9-20(8-13,12-21)19(26)27-15-3-1-2-4-15/h13-15H,1-12H2,(H,24,25)/p-1. The van der Waals surface area contributed by atoms with Gasteiger partial charge in [-0.25, -0.2) is 0 Å². The Morgan fingerprint density at radius 3 is 2.18 bits per heavy atom. The zero-order valence-electron chi connectivity index (χ0n) is 16.1. The number of esters is 2. The van der Waals surface area contributed by atoms with E-state index in [0.717, 1.165) is 57.8 Å². The van der Waals surface area contributed by atoms with Crippen LogP contribution in [-0.4, -0.2) is 35.4 Å². The Morgan fingerprint density at radius 1 is 0.929 bits per heavy atom. The Bertz CT molecular complexity index is 677. The number of hydrogen-bond acceptors (Lipinski definition) is 7. The van der Waals surface area contributed by atoms with Crippen molar-refractivity contribution in [3.05, 3.63) is 0 Å². The molecule has 154 valence electrons. The number of carboxylic acids is 1. The van der Waals surface area contributed by atoms with E-state index in [1.165, 1.54) is 0 Å². The van der Waals surface area contributed by atoms with E-state index in [2.05, 4.69) is 0 Å². The van der Waals surface area contributed by atoms with Gasteiger partial charge in [-0.3, -0.25) is 14.4 Å². The number of aliphatic carboxylic acids is 1. The van der Waals surface area contributed by atoms with Crippen LogP contribution < -0.4 is 5.11 Å². The van der Waals surface area contributed by atoms with Gasteiger partial charge in [-0.05, 0) is 69.6 Å². The number of rotatable bonds is 7. The topological polar surface area (TPSA) is 110 Å². The molecule has 7 nitrogen and oxygen atoms in total. The van der Waals surface area contributed by atoms with Gasteiger partial charge in [0, 0.05) is 12.8 Å². The third-order valence-electron chi connectivity index (χ3n) is 7.13. The lowest BCUT2D eigenvalue weighted by molar-refractivity contribution is -0.300. The van der Waals surface area contributed by atoms with Gasteiger partial charge in [0.05, 0.1) is 11.8 Å². The maximum absolute atomic E-state index is 13.1. The van der Waals surface area contributed by atoms with E-state index in [4.69, 9.17) is 9.47 Å². The molecule has 5 fully saturated rings. The third-order valence-corrected chi connectivity index (χ3v) is 7.13. The third kappa shape index (κ3) is 3.67. The number of hydrogen-bond donors (Lipinski definition) is 0. The van der Waals surface area contributed by atoms with E-state index in [1.54, 1.807) is 0 Å². The molecule has 0 aromatic rings. The number of ether oxygens (including phenoxy) is 2. The van der Waals surface area contributed by atoms with Gasteiger partial charge in [-0.2, -0.15) is 0 Å². The second-order valence-corrected chi connectivity index (χ2v) is 9.42. The van der Waals surface area contributed by atoms with Crippen molar-refractivity contribution in [3.63, 3.8) is 0 Å². The molecule has 0 aromatic heterocycles. The van der Waals surface area contributed by atoms with Crippen LogP contribution in [0, 0.1) is 17.3 Å². The normalized spacial score (nSPS) is 36.3. The highest BCUT2D eigenvalue weighted by Gasteiger charge is 2.63. The Balaban J connectivity index is 1.43. The molecule has 5 aliphatic carbocycles. The molecule has 0 N–H and O–H groups in total. The SMILES string of the molecule is O=C(CCC(=O)C(=O)[O-])OC12CC3CC(C1)CC(C(=O)OC1CCCC1)(C3)C2. The molecule has 0 amide bonds. The van der Waals surface area contributed by atoms with Crippen molar-refractivity contribution in [2.45, 2.75) is 88.8 Å². The quantitative estimate of drug-likeness (QED) is 0.477. The summed E-state index contributed by atoms with van der Waals surface area (Å²) in [5.74, 6) is -2.89. The van der Waals surface area contributed by atoms with E-state index in [9.17, 15) is 24.3 Å². The van der Waals surface area contributed by atoms with Gasteiger partial charge in [0.15, 0.2) is 5.78 Å². The maximum Gasteiger partial charge on any atom is 0.312 e. The van der Waals surface area contributed by atoms with Crippen LogP contribution in [0.1, 0.15) is 77.0 Å². The van der Waals surface area contributed by atoms with E-state index in [0.29, 0.717) is 18.3 Å². The van der Waals surface area contributed by atoms with E-state index in [-0.39, 0.29) is 18.5 Å². The summed E-state index contributed by atoms with van der Waals surface area (Å²) < 4.78 is 11.7. The van der Waals surface area contributed by atoms with Gasteiger partial charge >= 0.3 is 11.9 Å². The first-order chi connectivity index (χ1) is 13.3. The molecule has 5 saturated carbocycles. The van der Waals surface area contributed by atoms with Gasteiger partial charge in [0.25, 0.3) is 0 Å². The van der Waals surface area contributed by atoms with Crippen LogP contribution in [-0.2, 0) is 28.7 Å². The fourth-order valence-electron chi connectivity index (χ4n) is 6.43. The number of Topliss-reactive ketones (excluding diaryl/α,β-unsaturated/α-hetero) is 1. The molecule has 5 aliphatic rings. The lowest BCUT2D eigenvalue weighted by Gasteiger charge is -2.59. The van der Waals surface area contributed by atoms with E-state index >= 15 is 0 Å². The Morgan fingerprint density at radius 2 is 1.57 bits per heavy atom. The summed E-state index contributed by atoms with van der Waals surface area (Å²) in [6.45, 7) is 0. The van der Waals surface area contributed by atoms with Gasteiger partial charge in [-0.1, -0.05) is 0 Å². The first-order valence-electron chi connectivity index (χ1n) is 10.5. The Hall–Kier alpha value is -1.92. The zero-order valence-corrected chi connectivity index (χ0v) is 16.1. The summed E-state index contributed by atoms with van der Waals surface area (Å²) in [5, 5.41) is 10.5. The molecule has 5 rings (SSSR count). The minimum Gasteiger partial charge on any atom is -0.542 e. The van der Waals surface area contributed by atoms with Crippen molar-refractivity contribution < 1.29 is 33.8 Å². The second kappa shape index (κ2) is 7.16. The number of ketones is 1. The average molecular weight is 391 g/mol. The van der Waals surface area contributed by atoms with Crippen LogP contribution in [0.15, 0.2) is 0 Å². The minimum absolute atomic E-state index is 0.0228. The molecule has 7 heteroatoms. The van der Waals surface area contributed by atoms with Gasteiger partial charge in [0.1, 0.15) is 17.7 Å². The van der Waals surface area contributed by atoms with Crippen molar-refractivity contribution in [1.82, 2.24) is 0 Å². The van der Waals surface area contributed by atoms with Crippen LogP contribution in [0.25, 0.3) is 0 Å². The predicted octanol–water partition coefficient (Wildman–Crippen LogP) is 1.45. The van der Waals surface area contributed by atoms with Gasteiger partial charge in [-0.15, -0.1) is 0 Å². The molecule has 4 bridgehead atoms. The summed E-state index contributed by atoms with van der Waals surface area (Å²) in [4.78, 5) is 47.1. The fraction of sp³-hybridized carbons (Fsp3) is 0.810. The molecule has 0 aromatic carbocycles.